The van der Waals surface area contributed by atoms with E-state index < -0.39 is 17.8 Å². The van der Waals surface area contributed by atoms with Gasteiger partial charge in [-0.25, -0.2) is 4.98 Å². The van der Waals surface area contributed by atoms with Crippen LogP contribution in [0, 0.1) is 0 Å². The Bertz CT molecular complexity index is 704. The molecule has 128 valence electrons. The smallest absolute Gasteiger partial charge is 0.417 e. The number of alkyl halides is 3. The number of hydrogen-bond acceptors (Lipinski definition) is 4. The van der Waals surface area contributed by atoms with E-state index in [1.807, 2.05) is 29.2 Å². The summed E-state index contributed by atoms with van der Waals surface area (Å²) in [5.74, 6) is 1.10. The van der Waals surface area contributed by atoms with Crippen LogP contribution in [0.25, 0.3) is 0 Å². The fourth-order valence-corrected chi connectivity index (χ4v) is 2.96. The van der Waals surface area contributed by atoms with E-state index in [4.69, 9.17) is 4.74 Å². The number of methoxy groups -OCH3 is 1. The van der Waals surface area contributed by atoms with E-state index in [9.17, 15) is 18.3 Å². The summed E-state index contributed by atoms with van der Waals surface area (Å²) in [5.41, 5.74) is 0.136. The molecule has 1 saturated heterocycles. The number of aliphatic hydroxyl groups excluding tert-OH is 1. The van der Waals surface area contributed by atoms with Crippen molar-refractivity contribution in [2.45, 2.75) is 24.7 Å². The molecule has 0 spiro atoms. The molecule has 1 fully saturated rings. The second-order valence-corrected chi connectivity index (χ2v) is 5.74. The molecule has 0 amide bonds. The summed E-state index contributed by atoms with van der Waals surface area (Å²) >= 11 is 0. The van der Waals surface area contributed by atoms with E-state index in [0.717, 1.165) is 17.8 Å². The Balaban J connectivity index is 1.90. The minimum absolute atomic E-state index is 0.167. The van der Waals surface area contributed by atoms with Gasteiger partial charge in [-0.05, 0) is 36.2 Å². The fourth-order valence-electron chi connectivity index (χ4n) is 2.96. The lowest BCUT2D eigenvalue weighted by atomic mass is 10.0. The molecule has 1 aliphatic rings. The summed E-state index contributed by atoms with van der Waals surface area (Å²) in [6.45, 7) is 0.320. The first-order valence-corrected chi connectivity index (χ1v) is 7.50. The third-order valence-electron chi connectivity index (χ3n) is 4.13. The highest BCUT2D eigenvalue weighted by atomic mass is 19.4. The van der Waals surface area contributed by atoms with Crippen LogP contribution in [0.15, 0.2) is 42.6 Å². The molecule has 1 aromatic heterocycles. The van der Waals surface area contributed by atoms with Crippen molar-refractivity contribution in [3.8, 4) is 5.75 Å². The predicted octanol–water partition coefficient (Wildman–Crippen LogP) is 3.42. The number of hydrogen-bond donors (Lipinski definition) is 1. The van der Waals surface area contributed by atoms with E-state index >= 15 is 0 Å². The van der Waals surface area contributed by atoms with Gasteiger partial charge in [0.2, 0.25) is 0 Å². The van der Waals surface area contributed by atoms with E-state index in [2.05, 4.69) is 4.98 Å². The first kappa shape index (κ1) is 16.6. The number of benzene rings is 1. The van der Waals surface area contributed by atoms with Gasteiger partial charge in [-0.3, -0.25) is 0 Å². The number of ether oxygens (including phenoxy) is 1. The first-order chi connectivity index (χ1) is 11.4. The lowest BCUT2D eigenvalue weighted by Gasteiger charge is -2.26. The molecule has 0 bridgehead atoms. The minimum Gasteiger partial charge on any atom is -0.497 e. The van der Waals surface area contributed by atoms with Crippen LogP contribution in [-0.2, 0) is 6.18 Å². The van der Waals surface area contributed by atoms with E-state index in [-0.39, 0.29) is 6.04 Å². The molecule has 2 heterocycles. The number of pyridine rings is 1. The van der Waals surface area contributed by atoms with Crippen LogP contribution in [0.2, 0.25) is 0 Å². The van der Waals surface area contributed by atoms with Crippen molar-refractivity contribution in [3.63, 3.8) is 0 Å². The van der Waals surface area contributed by atoms with Gasteiger partial charge in [0.15, 0.2) is 0 Å². The second kappa shape index (κ2) is 6.32. The molecule has 24 heavy (non-hydrogen) atoms. The van der Waals surface area contributed by atoms with Gasteiger partial charge in [-0.15, -0.1) is 0 Å². The lowest BCUT2D eigenvalue weighted by Crippen LogP contribution is -2.25. The average molecular weight is 338 g/mol. The maximum absolute atomic E-state index is 12.7. The van der Waals surface area contributed by atoms with Crippen molar-refractivity contribution < 1.29 is 23.0 Å². The van der Waals surface area contributed by atoms with Crippen molar-refractivity contribution in [2.24, 2.45) is 0 Å². The van der Waals surface area contributed by atoms with Gasteiger partial charge >= 0.3 is 6.18 Å². The topological polar surface area (TPSA) is 45.6 Å². The van der Waals surface area contributed by atoms with Gasteiger partial charge in [-0.2, -0.15) is 13.2 Å². The molecule has 1 N–H and O–H groups in total. The molecule has 3 rings (SSSR count). The SMILES string of the molecule is COc1cccc([C@@H]2C[C@H](O)CN2c2ccc(C(F)(F)F)cn2)c1. The third-order valence-corrected chi connectivity index (χ3v) is 4.13. The molecule has 2 aromatic rings. The number of rotatable bonds is 3. The number of aliphatic hydroxyl groups is 1. The fraction of sp³-hybridized carbons (Fsp3) is 0.353. The van der Waals surface area contributed by atoms with Gasteiger partial charge in [0.1, 0.15) is 11.6 Å². The average Bonchev–Trinajstić information content (AvgIpc) is 2.96. The van der Waals surface area contributed by atoms with Crippen LogP contribution in [0.3, 0.4) is 0 Å². The summed E-state index contributed by atoms with van der Waals surface area (Å²) in [7, 11) is 1.57. The Kier molecular flexibility index (Phi) is 4.36. The van der Waals surface area contributed by atoms with Crippen LogP contribution in [0.1, 0.15) is 23.6 Å². The molecule has 0 unspecified atom stereocenters. The molecule has 0 saturated carbocycles. The summed E-state index contributed by atoms with van der Waals surface area (Å²) < 4.78 is 43.2. The molecular formula is C17H17F3N2O2. The Hall–Kier alpha value is -2.28. The number of anilines is 1. The van der Waals surface area contributed by atoms with Gasteiger partial charge in [0, 0.05) is 12.7 Å². The quantitative estimate of drug-likeness (QED) is 0.931. The van der Waals surface area contributed by atoms with Gasteiger partial charge in [-0.1, -0.05) is 12.1 Å². The monoisotopic (exact) mass is 338 g/mol. The second-order valence-electron chi connectivity index (χ2n) is 5.74. The van der Waals surface area contributed by atoms with Crippen LogP contribution >= 0.6 is 0 Å². The molecular weight excluding hydrogens is 321 g/mol. The molecule has 1 aliphatic heterocycles. The van der Waals surface area contributed by atoms with Crippen molar-refractivity contribution in [1.29, 1.82) is 0 Å². The Morgan fingerprint density at radius 2 is 2.04 bits per heavy atom. The molecule has 7 heteroatoms. The zero-order chi connectivity index (χ0) is 17.3. The lowest BCUT2D eigenvalue weighted by molar-refractivity contribution is -0.137. The van der Waals surface area contributed by atoms with Gasteiger partial charge < -0.3 is 14.7 Å². The van der Waals surface area contributed by atoms with Crippen molar-refractivity contribution in [2.75, 3.05) is 18.6 Å². The first-order valence-electron chi connectivity index (χ1n) is 7.50. The molecule has 0 radical (unpaired) electrons. The predicted molar refractivity (Wildman–Crippen MR) is 82.9 cm³/mol. The van der Waals surface area contributed by atoms with E-state index in [0.29, 0.717) is 24.5 Å². The number of aromatic nitrogens is 1. The van der Waals surface area contributed by atoms with Crippen LogP contribution in [-0.4, -0.2) is 29.8 Å². The minimum atomic E-state index is -4.41. The molecule has 1 aromatic carbocycles. The number of nitrogens with zero attached hydrogens (tertiary/aromatic N) is 2. The highest BCUT2D eigenvalue weighted by Crippen LogP contribution is 2.37. The van der Waals surface area contributed by atoms with Crippen molar-refractivity contribution in [1.82, 2.24) is 4.98 Å². The highest BCUT2D eigenvalue weighted by molar-refractivity contribution is 5.46. The summed E-state index contributed by atoms with van der Waals surface area (Å²) in [5, 5.41) is 10.0. The summed E-state index contributed by atoms with van der Waals surface area (Å²) in [4.78, 5) is 5.76. The van der Waals surface area contributed by atoms with Crippen LogP contribution < -0.4 is 9.64 Å². The maximum Gasteiger partial charge on any atom is 0.417 e. The summed E-state index contributed by atoms with van der Waals surface area (Å²) in [6, 6.07) is 9.61. The van der Waals surface area contributed by atoms with Gasteiger partial charge in [0.05, 0.1) is 24.8 Å². The van der Waals surface area contributed by atoms with E-state index in [1.165, 1.54) is 6.07 Å². The highest BCUT2D eigenvalue weighted by Gasteiger charge is 2.35. The Morgan fingerprint density at radius 1 is 1.25 bits per heavy atom. The zero-order valence-electron chi connectivity index (χ0n) is 13.0. The largest absolute Gasteiger partial charge is 0.497 e. The maximum atomic E-state index is 12.7. The van der Waals surface area contributed by atoms with Gasteiger partial charge in [0.25, 0.3) is 0 Å². The molecule has 4 nitrogen and oxygen atoms in total. The van der Waals surface area contributed by atoms with Crippen molar-refractivity contribution in [3.05, 3.63) is 53.7 Å². The normalized spacial score (nSPS) is 21.1. The number of halogens is 3. The Labute approximate surface area is 137 Å². The third kappa shape index (κ3) is 3.31. The Morgan fingerprint density at radius 3 is 2.67 bits per heavy atom. The molecule has 0 aliphatic carbocycles. The summed E-state index contributed by atoms with van der Waals surface area (Å²) in [6.07, 6.45) is -3.67. The zero-order valence-corrected chi connectivity index (χ0v) is 13.0. The standard InChI is InChI=1S/C17H17F3N2O2/c1-24-14-4-2-3-11(7-14)15-8-13(23)10-22(15)16-6-5-12(9-21-16)17(18,19)20/h2-7,9,13,15,23H,8,10H2,1H3/t13-,15-/m0/s1. The number of β-amino-alcohol motifs (C(OH)–C–C–N with tert-alkyl or cyclic N) is 1. The van der Waals surface area contributed by atoms with E-state index in [1.54, 1.807) is 7.11 Å². The van der Waals surface area contributed by atoms with Crippen molar-refractivity contribution >= 4 is 5.82 Å². The van der Waals surface area contributed by atoms with Crippen LogP contribution in [0.4, 0.5) is 19.0 Å². The van der Waals surface area contributed by atoms with Crippen LogP contribution in [0.5, 0.6) is 5.75 Å². The molecule has 2 atom stereocenters.